The molecule has 0 saturated heterocycles. The van der Waals surface area contributed by atoms with Gasteiger partial charge in [0.2, 0.25) is 0 Å². The van der Waals surface area contributed by atoms with Crippen LogP contribution in [0.3, 0.4) is 0 Å². The van der Waals surface area contributed by atoms with Gasteiger partial charge in [0, 0.05) is 4.47 Å². The van der Waals surface area contributed by atoms with Crippen molar-refractivity contribution in [2.75, 3.05) is 0 Å². The standard InChI is InChI=1S/C12H12BrN3O/c1-7-4-3-5-9(13)11(7)16-10(12(14)17)6-8(2)15-16/h3-6H,1-2H3,(H2,14,17). The van der Waals surface area contributed by atoms with Gasteiger partial charge in [0.05, 0.1) is 11.4 Å². The Morgan fingerprint density at radius 3 is 2.71 bits per heavy atom. The number of rotatable bonds is 2. The Bertz CT molecular complexity index is 569. The first-order valence-corrected chi connectivity index (χ1v) is 5.92. The van der Waals surface area contributed by atoms with E-state index in [0.29, 0.717) is 5.69 Å². The Kier molecular flexibility index (Phi) is 3.02. The van der Waals surface area contributed by atoms with E-state index in [-0.39, 0.29) is 0 Å². The lowest BCUT2D eigenvalue weighted by molar-refractivity contribution is 0.0993. The number of nitrogens with zero attached hydrogens (tertiary/aromatic N) is 2. The molecule has 0 fully saturated rings. The van der Waals surface area contributed by atoms with E-state index < -0.39 is 5.91 Å². The van der Waals surface area contributed by atoms with Gasteiger partial charge in [-0.3, -0.25) is 4.79 Å². The molecule has 0 bridgehead atoms. The first kappa shape index (κ1) is 11.9. The number of carbonyl (C=O) groups is 1. The molecule has 2 N–H and O–H groups in total. The largest absolute Gasteiger partial charge is 0.364 e. The van der Waals surface area contributed by atoms with Crippen LogP contribution < -0.4 is 5.73 Å². The fraction of sp³-hybridized carbons (Fsp3) is 0.167. The highest BCUT2D eigenvalue weighted by Crippen LogP contribution is 2.25. The van der Waals surface area contributed by atoms with Gasteiger partial charge >= 0.3 is 0 Å². The summed E-state index contributed by atoms with van der Waals surface area (Å²) in [5, 5.41) is 4.31. The van der Waals surface area contributed by atoms with Crippen LogP contribution in [-0.2, 0) is 0 Å². The van der Waals surface area contributed by atoms with Crippen LogP contribution in [0, 0.1) is 13.8 Å². The molecule has 0 atom stereocenters. The van der Waals surface area contributed by atoms with Gasteiger partial charge in [0.25, 0.3) is 5.91 Å². The number of amides is 1. The zero-order valence-corrected chi connectivity index (χ0v) is 11.2. The van der Waals surface area contributed by atoms with Crippen molar-refractivity contribution in [1.29, 1.82) is 0 Å². The third kappa shape index (κ3) is 2.10. The van der Waals surface area contributed by atoms with E-state index in [4.69, 9.17) is 5.73 Å². The van der Waals surface area contributed by atoms with Gasteiger partial charge in [-0.05, 0) is 47.5 Å². The number of benzene rings is 1. The summed E-state index contributed by atoms with van der Waals surface area (Å²) in [6.45, 7) is 3.79. The minimum Gasteiger partial charge on any atom is -0.364 e. The van der Waals surface area contributed by atoms with Crippen molar-refractivity contribution in [2.45, 2.75) is 13.8 Å². The van der Waals surface area contributed by atoms with Gasteiger partial charge in [-0.1, -0.05) is 12.1 Å². The highest BCUT2D eigenvalue weighted by atomic mass is 79.9. The van der Waals surface area contributed by atoms with Gasteiger partial charge in [0.1, 0.15) is 5.69 Å². The molecule has 88 valence electrons. The smallest absolute Gasteiger partial charge is 0.267 e. The van der Waals surface area contributed by atoms with E-state index in [2.05, 4.69) is 21.0 Å². The number of primary amides is 1. The van der Waals surface area contributed by atoms with E-state index in [9.17, 15) is 4.79 Å². The number of hydrogen-bond donors (Lipinski definition) is 1. The molecule has 1 amide bonds. The highest BCUT2D eigenvalue weighted by molar-refractivity contribution is 9.10. The molecule has 0 aliphatic rings. The summed E-state index contributed by atoms with van der Waals surface area (Å²) in [5.74, 6) is -0.485. The summed E-state index contributed by atoms with van der Waals surface area (Å²) >= 11 is 3.46. The molecule has 0 saturated carbocycles. The lowest BCUT2D eigenvalue weighted by Crippen LogP contribution is -2.17. The van der Waals surface area contributed by atoms with Gasteiger partial charge in [-0.15, -0.1) is 0 Å². The molecule has 0 spiro atoms. The maximum Gasteiger partial charge on any atom is 0.267 e. The van der Waals surface area contributed by atoms with Crippen molar-refractivity contribution >= 4 is 21.8 Å². The van der Waals surface area contributed by atoms with Crippen LogP contribution in [0.2, 0.25) is 0 Å². The third-order valence-electron chi connectivity index (χ3n) is 2.48. The van der Waals surface area contributed by atoms with E-state index in [1.807, 2.05) is 32.0 Å². The molecule has 17 heavy (non-hydrogen) atoms. The number of aromatic nitrogens is 2. The van der Waals surface area contributed by atoms with Crippen molar-refractivity contribution in [3.05, 3.63) is 45.7 Å². The van der Waals surface area contributed by atoms with Crippen LogP contribution in [0.15, 0.2) is 28.7 Å². The topological polar surface area (TPSA) is 60.9 Å². The molecule has 1 heterocycles. The Labute approximate surface area is 108 Å². The number of carbonyl (C=O) groups excluding carboxylic acids is 1. The van der Waals surface area contributed by atoms with Crippen LogP contribution in [-0.4, -0.2) is 15.7 Å². The van der Waals surface area contributed by atoms with Crippen LogP contribution in [0.1, 0.15) is 21.7 Å². The van der Waals surface area contributed by atoms with E-state index in [1.54, 1.807) is 10.7 Å². The monoisotopic (exact) mass is 293 g/mol. The molecule has 1 aromatic heterocycles. The minimum absolute atomic E-state index is 0.387. The Morgan fingerprint density at radius 2 is 2.12 bits per heavy atom. The maximum absolute atomic E-state index is 11.4. The quantitative estimate of drug-likeness (QED) is 0.924. The molecule has 0 aliphatic carbocycles. The summed E-state index contributed by atoms with van der Waals surface area (Å²) in [5.41, 5.74) is 8.36. The van der Waals surface area contributed by atoms with Gasteiger partial charge in [0.15, 0.2) is 0 Å². The summed E-state index contributed by atoms with van der Waals surface area (Å²) in [7, 11) is 0. The fourth-order valence-corrected chi connectivity index (χ4v) is 2.37. The second-order valence-corrected chi connectivity index (χ2v) is 4.71. The Balaban J connectivity index is 2.72. The fourth-order valence-electron chi connectivity index (χ4n) is 1.74. The average molecular weight is 294 g/mol. The number of hydrogen-bond acceptors (Lipinski definition) is 2. The molecule has 5 heteroatoms. The van der Waals surface area contributed by atoms with Crippen molar-refractivity contribution in [2.24, 2.45) is 5.73 Å². The second kappa shape index (κ2) is 4.33. The zero-order valence-electron chi connectivity index (χ0n) is 9.57. The number of nitrogens with two attached hydrogens (primary N) is 1. The molecular formula is C12H12BrN3O. The van der Waals surface area contributed by atoms with Crippen LogP contribution in [0.5, 0.6) is 0 Å². The van der Waals surface area contributed by atoms with Crippen molar-refractivity contribution in [3.8, 4) is 5.69 Å². The minimum atomic E-state index is -0.485. The van der Waals surface area contributed by atoms with Crippen molar-refractivity contribution in [3.63, 3.8) is 0 Å². The number of halogens is 1. The highest BCUT2D eigenvalue weighted by Gasteiger charge is 2.15. The summed E-state index contributed by atoms with van der Waals surface area (Å²) in [4.78, 5) is 11.4. The lowest BCUT2D eigenvalue weighted by Gasteiger charge is -2.10. The molecule has 2 aromatic rings. The zero-order chi connectivity index (χ0) is 12.6. The molecule has 0 radical (unpaired) electrons. The van der Waals surface area contributed by atoms with Gasteiger partial charge < -0.3 is 5.73 Å². The first-order valence-electron chi connectivity index (χ1n) is 5.12. The first-order chi connectivity index (χ1) is 8.00. The van der Waals surface area contributed by atoms with E-state index >= 15 is 0 Å². The maximum atomic E-state index is 11.4. The molecule has 1 aromatic carbocycles. The summed E-state index contributed by atoms with van der Waals surface area (Å²) in [6.07, 6.45) is 0. The predicted octanol–water partition coefficient (Wildman–Crippen LogP) is 2.35. The van der Waals surface area contributed by atoms with E-state index in [1.165, 1.54) is 0 Å². The molecular weight excluding hydrogens is 282 g/mol. The van der Waals surface area contributed by atoms with Crippen LogP contribution in [0.4, 0.5) is 0 Å². The normalized spacial score (nSPS) is 10.5. The van der Waals surface area contributed by atoms with Gasteiger partial charge in [-0.2, -0.15) is 5.10 Å². The summed E-state index contributed by atoms with van der Waals surface area (Å²) in [6, 6.07) is 7.48. The predicted molar refractivity (Wildman–Crippen MR) is 69.3 cm³/mol. The van der Waals surface area contributed by atoms with Gasteiger partial charge in [-0.25, -0.2) is 4.68 Å². The van der Waals surface area contributed by atoms with Crippen molar-refractivity contribution in [1.82, 2.24) is 9.78 Å². The van der Waals surface area contributed by atoms with Crippen molar-refractivity contribution < 1.29 is 4.79 Å². The Morgan fingerprint density at radius 1 is 1.41 bits per heavy atom. The molecule has 0 aliphatic heterocycles. The third-order valence-corrected chi connectivity index (χ3v) is 3.12. The summed E-state index contributed by atoms with van der Waals surface area (Å²) < 4.78 is 2.46. The molecule has 4 nitrogen and oxygen atoms in total. The number of aryl methyl sites for hydroxylation is 2. The van der Waals surface area contributed by atoms with Crippen LogP contribution >= 0.6 is 15.9 Å². The average Bonchev–Trinajstić information content (AvgIpc) is 2.60. The Hall–Kier alpha value is -1.62. The number of para-hydroxylation sites is 1. The van der Waals surface area contributed by atoms with Crippen LogP contribution in [0.25, 0.3) is 5.69 Å². The molecule has 2 rings (SSSR count). The molecule has 0 unspecified atom stereocenters. The lowest BCUT2D eigenvalue weighted by atomic mass is 10.2. The second-order valence-electron chi connectivity index (χ2n) is 3.85. The van der Waals surface area contributed by atoms with E-state index in [0.717, 1.165) is 21.4 Å². The SMILES string of the molecule is Cc1cc(C(N)=O)n(-c2c(C)cccc2Br)n1.